The third-order valence-electron chi connectivity index (χ3n) is 2.84. The normalized spacial score (nSPS) is 10.3. The number of ether oxygens (including phenoxy) is 2. The number of hydrogen-bond donors (Lipinski definition) is 1. The Bertz CT molecular complexity index is 816. The van der Waals surface area contributed by atoms with Crippen molar-refractivity contribution in [2.75, 3.05) is 13.2 Å². The number of hydrazone groups is 1. The van der Waals surface area contributed by atoms with Crippen molar-refractivity contribution in [2.24, 2.45) is 5.10 Å². The van der Waals surface area contributed by atoms with Gasteiger partial charge < -0.3 is 9.47 Å². The Morgan fingerprint density at radius 2 is 2.00 bits per heavy atom. The summed E-state index contributed by atoms with van der Waals surface area (Å²) in [5.41, 5.74) is 3.08. The van der Waals surface area contributed by atoms with Gasteiger partial charge in [0.25, 0.3) is 5.91 Å². The number of hydrogen-bond acceptors (Lipinski definition) is 4. The van der Waals surface area contributed by atoms with Crippen LogP contribution in [0, 0.1) is 12.3 Å². The minimum atomic E-state index is -0.377. The first-order chi connectivity index (χ1) is 12.1. The van der Waals surface area contributed by atoms with Crippen molar-refractivity contribution in [1.29, 1.82) is 0 Å². The molecule has 2 aromatic rings. The molecule has 0 fully saturated rings. The Morgan fingerprint density at radius 3 is 2.76 bits per heavy atom. The van der Waals surface area contributed by atoms with Crippen LogP contribution in [0.4, 0.5) is 0 Å². The van der Waals surface area contributed by atoms with Crippen LogP contribution in [0.25, 0.3) is 0 Å². The highest BCUT2D eigenvalue weighted by molar-refractivity contribution is 9.10. The predicted octanol–water partition coefficient (Wildman–Crippen LogP) is 3.75. The van der Waals surface area contributed by atoms with Crippen LogP contribution < -0.4 is 14.9 Å². The van der Waals surface area contributed by atoms with Gasteiger partial charge in [-0.3, -0.25) is 4.79 Å². The lowest BCUT2D eigenvalue weighted by Gasteiger charge is -2.07. The molecule has 1 N–H and O–H groups in total. The van der Waals surface area contributed by atoms with E-state index in [1.807, 2.05) is 18.2 Å². The molecule has 0 aliphatic heterocycles. The average molecular weight is 466 g/mol. The highest BCUT2D eigenvalue weighted by atomic mass is 79.9. The molecule has 0 atom stereocenters. The van der Waals surface area contributed by atoms with Gasteiger partial charge in [0.15, 0.2) is 6.61 Å². The summed E-state index contributed by atoms with van der Waals surface area (Å²) in [6, 6.07) is 12.6. The zero-order valence-corrected chi connectivity index (χ0v) is 16.2. The fourth-order valence-electron chi connectivity index (χ4n) is 1.78. The summed E-state index contributed by atoms with van der Waals surface area (Å²) in [6.07, 6.45) is 6.67. The Hall–Kier alpha value is -2.30. The summed E-state index contributed by atoms with van der Waals surface area (Å²) in [5.74, 6) is 3.19. The minimum Gasteiger partial charge on any atom is -0.484 e. The first-order valence-electron chi connectivity index (χ1n) is 7.14. The third kappa shape index (κ3) is 6.61. The minimum absolute atomic E-state index is 0.146. The molecule has 0 spiro atoms. The quantitative estimate of drug-likeness (QED) is 0.385. The van der Waals surface area contributed by atoms with E-state index in [1.165, 1.54) is 6.21 Å². The summed E-state index contributed by atoms with van der Waals surface area (Å²) in [5, 5.41) is 3.91. The molecule has 0 bridgehead atoms. The van der Waals surface area contributed by atoms with E-state index in [1.54, 1.807) is 24.3 Å². The van der Waals surface area contributed by atoms with Crippen LogP contribution in [-0.2, 0) is 4.79 Å². The fourth-order valence-corrected chi connectivity index (χ4v) is 2.54. The summed E-state index contributed by atoms with van der Waals surface area (Å²) < 4.78 is 12.5. The number of halogens is 2. The molecule has 7 heteroatoms. The average Bonchev–Trinajstić information content (AvgIpc) is 2.59. The summed E-state index contributed by atoms with van der Waals surface area (Å²) in [6.45, 7) is 0.00202. The topological polar surface area (TPSA) is 59.9 Å². The first kappa shape index (κ1) is 19.0. The Labute approximate surface area is 162 Å². The van der Waals surface area contributed by atoms with Crippen molar-refractivity contribution >= 4 is 44.0 Å². The van der Waals surface area contributed by atoms with E-state index in [9.17, 15) is 4.79 Å². The van der Waals surface area contributed by atoms with Crippen molar-refractivity contribution in [3.63, 3.8) is 0 Å². The molecule has 0 radical (unpaired) electrons. The fraction of sp³-hybridized carbons (Fsp3) is 0.111. The van der Waals surface area contributed by atoms with Crippen LogP contribution in [-0.4, -0.2) is 25.3 Å². The molecule has 0 aliphatic carbocycles. The van der Waals surface area contributed by atoms with Gasteiger partial charge in [-0.15, -0.1) is 6.42 Å². The van der Waals surface area contributed by atoms with E-state index < -0.39 is 0 Å². The second-order valence-electron chi connectivity index (χ2n) is 4.71. The van der Waals surface area contributed by atoms with Gasteiger partial charge in [0, 0.05) is 14.5 Å². The van der Waals surface area contributed by atoms with Gasteiger partial charge in [-0.25, -0.2) is 5.43 Å². The largest absolute Gasteiger partial charge is 0.484 e. The third-order valence-corrected chi connectivity index (χ3v) is 3.83. The maximum absolute atomic E-state index is 11.8. The van der Waals surface area contributed by atoms with E-state index in [2.05, 4.69) is 48.3 Å². The first-order valence-corrected chi connectivity index (χ1v) is 8.73. The van der Waals surface area contributed by atoms with Crippen LogP contribution >= 0.6 is 31.9 Å². The van der Waals surface area contributed by atoms with Gasteiger partial charge in [0.2, 0.25) is 0 Å². The van der Waals surface area contributed by atoms with Crippen molar-refractivity contribution in [3.05, 3.63) is 57.0 Å². The number of rotatable bonds is 7. The lowest BCUT2D eigenvalue weighted by Crippen LogP contribution is -2.24. The molecule has 0 aliphatic rings. The summed E-state index contributed by atoms with van der Waals surface area (Å²) >= 11 is 6.71. The van der Waals surface area contributed by atoms with Crippen LogP contribution in [0.15, 0.2) is 56.5 Å². The standard InChI is InChI=1S/C18H14Br2N2O3/c1-2-8-24-17-7-6-15(20)9-13(17)11-21-22-18(23)12-25-16-5-3-4-14(19)10-16/h1,3-7,9-11H,8,12H2,(H,22,23). The highest BCUT2D eigenvalue weighted by Crippen LogP contribution is 2.21. The van der Waals surface area contributed by atoms with E-state index in [-0.39, 0.29) is 19.1 Å². The second-order valence-corrected chi connectivity index (χ2v) is 6.55. The van der Waals surface area contributed by atoms with Crippen molar-refractivity contribution < 1.29 is 14.3 Å². The predicted molar refractivity (Wildman–Crippen MR) is 104 cm³/mol. The van der Waals surface area contributed by atoms with E-state index in [0.717, 1.165) is 8.95 Å². The molecule has 2 rings (SSSR count). The molecular weight excluding hydrogens is 452 g/mol. The number of carbonyl (C=O) groups is 1. The number of benzene rings is 2. The van der Waals surface area contributed by atoms with Crippen LogP contribution in [0.5, 0.6) is 11.5 Å². The maximum atomic E-state index is 11.8. The van der Waals surface area contributed by atoms with E-state index >= 15 is 0 Å². The molecule has 5 nitrogen and oxygen atoms in total. The van der Waals surface area contributed by atoms with Crippen molar-refractivity contribution in [1.82, 2.24) is 5.43 Å². The molecule has 0 heterocycles. The van der Waals surface area contributed by atoms with Gasteiger partial charge in [-0.1, -0.05) is 43.8 Å². The zero-order valence-electron chi connectivity index (χ0n) is 13.0. The van der Waals surface area contributed by atoms with Crippen molar-refractivity contribution in [2.45, 2.75) is 0 Å². The SMILES string of the molecule is C#CCOc1ccc(Br)cc1C=NNC(=O)COc1cccc(Br)c1. The molecule has 2 aromatic carbocycles. The number of nitrogens with zero attached hydrogens (tertiary/aromatic N) is 1. The zero-order chi connectivity index (χ0) is 18.1. The lowest BCUT2D eigenvalue weighted by molar-refractivity contribution is -0.123. The van der Waals surface area contributed by atoms with Gasteiger partial charge in [-0.05, 0) is 36.4 Å². The molecule has 25 heavy (non-hydrogen) atoms. The number of amides is 1. The lowest BCUT2D eigenvalue weighted by atomic mass is 10.2. The summed E-state index contributed by atoms with van der Waals surface area (Å²) in [4.78, 5) is 11.8. The Kier molecular flexibility index (Phi) is 7.51. The molecule has 0 saturated heterocycles. The van der Waals surface area contributed by atoms with Crippen LogP contribution in [0.1, 0.15) is 5.56 Å². The van der Waals surface area contributed by atoms with Gasteiger partial charge in [0.05, 0.1) is 6.21 Å². The van der Waals surface area contributed by atoms with Crippen LogP contribution in [0.3, 0.4) is 0 Å². The molecule has 1 amide bonds. The van der Waals surface area contributed by atoms with E-state index in [4.69, 9.17) is 15.9 Å². The Morgan fingerprint density at radius 1 is 1.20 bits per heavy atom. The number of nitrogens with one attached hydrogen (secondary N) is 1. The smallest absolute Gasteiger partial charge is 0.277 e. The maximum Gasteiger partial charge on any atom is 0.277 e. The molecule has 0 aromatic heterocycles. The van der Waals surface area contributed by atoms with Gasteiger partial charge >= 0.3 is 0 Å². The second kappa shape index (κ2) is 9.87. The molecule has 0 saturated carbocycles. The molecular formula is C18H14Br2N2O3. The number of carbonyl (C=O) groups excluding carboxylic acids is 1. The molecule has 0 unspecified atom stereocenters. The highest BCUT2D eigenvalue weighted by Gasteiger charge is 2.04. The van der Waals surface area contributed by atoms with E-state index in [0.29, 0.717) is 17.1 Å². The van der Waals surface area contributed by atoms with Gasteiger partial charge in [0.1, 0.15) is 18.1 Å². The number of terminal acetylenes is 1. The van der Waals surface area contributed by atoms with Crippen LogP contribution in [0.2, 0.25) is 0 Å². The molecule has 128 valence electrons. The summed E-state index contributed by atoms with van der Waals surface area (Å²) in [7, 11) is 0. The Balaban J connectivity index is 1.90. The van der Waals surface area contributed by atoms with Crippen molar-refractivity contribution in [3.8, 4) is 23.8 Å². The monoisotopic (exact) mass is 464 g/mol. The van der Waals surface area contributed by atoms with Gasteiger partial charge in [-0.2, -0.15) is 5.10 Å².